The van der Waals surface area contributed by atoms with Crippen molar-refractivity contribution in [1.82, 2.24) is 0 Å². The molecule has 1 amide bonds. The van der Waals surface area contributed by atoms with Gasteiger partial charge < -0.3 is 15.6 Å². The lowest BCUT2D eigenvalue weighted by atomic mass is 10.2. The number of carbonyl (C=O) groups excluding carboxylic acids is 1. The second-order valence-corrected chi connectivity index (χ2v) is 3.26. The Hall–Kier alpha value is -1.76. The summed E-state index contributed by atoms with van der Waals surface area (Å²) in [6, 6.07) is 5.22. The van der Waals surface area contributed by atoms with Gasteiger partial charge in [-0.15, -0.1) is 0 Å². The molecule has 0 saturated heterocycles. The Labute approximate surface area is 94.8 Å². The number of alkyl halides is 3. The van der Waals surface area contributed by atoms with Gasteiger partial charge in [0.25, 0.3) is 0 Å². The number of nitrogens with two attached hydrogens (primary N) is 1. The van der Waals surface area contributed by atoms with Crippen molar-refractivity contribution in [3.63, 3.8) is 0 Å². The second-order valence-electron chi connectivity index (χ2n) is 3.26. The van der Waals surface area contributed by atoms with Gasteiger partial charge in [0.1, 0.15) is 12.4 Å². The lowest BCUT2D eigenvalue weighted by Crippen LogP contribution is -2.34. The van der Waals surface area contributed by atoms with Crippen LogP contribution in [0.3, 0.4) is 0 Å². The first-order valence-corrected chi connectivity index (χ1v) is 4.58. The summed E-state index contributed by atoms with van der Waals surface area (Å²) in [4.78, 5) is 10.7. The zero-order valence-electron chi connectivity index (χ0n) is 8.57. The van der Waals surface area contributed by atoms with Crippen molar-refractivity contribution < 1.29 is 27.8 Å². The molecule has 1 aromatic carbocycles. The van der Waals surface area contributed by atoms with Crippen LogP contribution in [0.15, 0.2) is 24.3 Å². The fourth-order valence-electron chi connectivity index (χ4n) is 0.985. The van der Waals surface area contributed by atoms with E-state index in [1.165, 1.54) is 24.3 Å². The third-order valence-electron chi connectivity index (χ3n) is 1.92. The Balaban J connectivity index is 2.56. The molecule has 0 heterocycles. The predicted molar refractivity (Wildman–Crippen MR) is 52.5 cm³/mol. The van der Waals surface area contributed by atoms with Gasteiger partial charge in [-0.1, -0.05) is 0 Å². The maximum atomic E-state index is 11.9. The Kier molecular flexibility index (Phi) is 3.95. The van der Waals surface area contributed by atoms with Crippen LogP contribution in [0.5, 0.6) is 5.75 Å². The van der Waals surface area contributed by atoms with Crippen molar-refractivity contribution in [3.05, 3.63) is 29.8 Å². The van der Waals surface area contributed by atoms with Crippen LogP contribution in [-0.2, 0) is 0 Å². The minimum absolute atomic E-state index is 0.110. The van der Waals surface area contributed by atoms with Gasteiger partial charge in [0, 0.05) is 5.56 Å². The summed E-state index contributed by atoms with van der Waals surface area (Å²) in [6.45, 7) is -0.903. The number of aliphatic hydroxyl groups is 1. The summed E-state index contributed by atoms with van der Waals surface area (Å²) < 4.78 is 40.5. The van der Waals surface area contributed by atoms with E-state index in [0.29, 0.717) is 0 Å². The van der Waals surface area contributed by atoms with Gasteiger partial charge in [-0.05, 0) is 24.3 Å². The minimum Gasteiger partial charge on any atom is -0.491 e. The summed E-state index contributed by atoms with van der Waals surface area (Å²) in [5, 5.41) is 8.67. The van der Waals surface area contributed by atoms with Crippen LogP contribution >= 0.6 is 0 Å². The highest BCUT2D eigenvalue weighted by Crippen LogP contribution is 2.21. The topological polar surface area (TPSA) is 72.6 Å². The highest BCUT2D eigenvalue weighted by Gasteiger charge is 2.38. The summed E-state index contributed by atoms with van der Waals surface area (Å²) in [5.74, 6) is -0.537. The Morgan fingerprint density at radius 1 is 1.35 bits per heavy atom. The standard InChI is InChI=1S/C10H10F3NO3/c11-10(12,13)8(15)5-17-7-3-1-6(2-4-7)9(14)16/h1-4,8,15H,5H2,(H2,14,16). The van der Waals surface area contributed by atoms with Crippen LogP contribution in [0.1, 0.15) is 10.4 Å². The molecule has 0 aliphatic rings. The van der Waals surface area contributed by atoms with E-state index in [1.807, 2.05) is 0 Å². The van der Waals surface area contributed by atoms with E-state index in [-0.39, 0.29) is 11.3 Å². The number of benzene rings is 1. The van der Waals surface area contributed by atoms with Gasteiger partial charge in [0.05, 0.1) is 0 Å². The molecule has 0 saturated carbocycles. The predicted octanol–water partition coefficient (Wildman–Crippen LogP) is 1.09. The number of aliphatic hydroxyl groups excluding tert-OH is 1. The highest BCUT2D eigenvalue weighted by atomic mass is 19.4. The number of rotatable bonds is 4. The van der Waals surface area contributed by atoms with Crippen molar-refractivity contribution in [2.24, 2.45) is 5.73 Å². The molecule has 0 bridgehead atoms. The van der Waals surface area contributed by atoms with Crippen LogP contribution in [0, 0.1) is 0 Å². The van der Waals surface area contributed by atoms with Crippen molar-refractivity contribution >= 4 is 5.91 Å². The highest BCUT2D eigenvalue weighted by molar-refractivity contribution is 5.92. The largest absolute Gasteiger partial charge is 0.491 e. The fraction of sp³-hybridized carbons (Fsp3) is 0.300. The molecule has 1 rings (SSSR count). The lowest BCUT2D eigenvalue weighted by Gasteiger charge is -2.15. The van der Waals surface area contributed by atoms with Gasteiger partial charge in [0.2, 0.25) is 5.91 Å². The number of amides is 1. The zero-order valence-corrected chi connectivity index (χ0v) is 8.57. The normalized spacial score (nSPS) is 13.2. The minimum atomic E-state index is -4.72. The summed E-state index contributed by atoms with van der Waals surface area (Å²) in [7, 11) is 0. The molecule has 0 aliphatic heterocycles. The SMILES string of the molecule is NC(=O)c1ccc(OCC(O)C(F)(F)F)cc1. The van der Waals surface area contributed by atoms with E-state index < -0.39 is 24.8 Å². The van der Waals surface area contributed by atoms with Crippen molar-refractivity contribution in [2.75, 3.05) is 6.61 Å². The molecular formula is C10H10F3NO3. The number of hydrogen-bond acceptors (Lipinski definition) is 3. The molecular weight excluding hydrogens is 239 g/mol. The molecule has 3 N–H and O–H groups in total. The van der Waals surface area contributed by atoms with E-state index in [2.05, 4.69) is 0 Å². The number of ether oxygens (including phenoxy) is 1. The molecule has 1 atom stereocenters. The van der Waals surface area contributed by atoms with Crippen molar-refractivity contribution in [2.45, 2.75) is 12.3 Å². The van der Waals surface area contributed by atoms with E-state index >= 15 is 0 Å². The molecule has 17 heavy (non-hydrogen) atoms. The second kappa shape index (κ2) is 5.05. The van der Waals surface area contributed by atoms with Gasteiger partial charge in [-0.3, -0.25) is 4.79 Å². The van der Waals surface area contributed by atoms with Crippen molar-refractivity contribution in [3.8, 4) is 5.75 Å². The Morgan fingerprint density at radius 3 is 2.29 bits per heavy atom. The summed E-state index contributed by atoms with van der Waals surface area (Å²) in [5.41, 5.74) is 5.19. The quantitative estimate of drug-likeness (QED) is 0.838. The van der Waals surface area contributed by atoms with E-state index in [0.717, 1.165) is 0 Å². The van der Waals surface area contributed by atoms with E-state index in [4.69, 9.17) is 15.6 Å². The molecule has 0 fully saturated rings. The van der Waals surface area contributed by atoms with Crippen LogP contribution in [-0.4, -0.2) is 29.9 Å². The maximum Gasteiger partial charge on any atom is 0.417 e. The van der Waals surface area contributed by atoms with Gasteiger partial charge >= 0.3 is 6.18 Å². The number of primary amides is 1. The van der Waals surface area contributed by atoms with Crippen LogP contribution in [0.25, 0.3) is 0 Å². The average molecular weight is 249 g/mol. The van der Waals surface area contributed by atoms with Crippen molar-refractivity contribution in [1.29, 1.82) is 0 Å². The lowest BCUT2D eigenvalue weighted by molar-refractivity contribution is -0.210. The molecule has 94 valence electrons. The van der Waals surface area contributed by atoms with Crippen LogP contribution in [0.4, 0.5) is 13.2 Å². The molecule has 0 spiro atoms. The fourth-order valence-corrected chi connectivity index (χ4v) is 0.985. The third kappa shape index (κ3) is 3.95. The smallest absolute Gasteiger partial charge is 0.417 e. The monoisotopic (exact) mass is 249 g/mol. The molecule has 1 unspecified atom stereocenters. The van der Waals surface area contributed by atoms with Gasteiger partial charge in [-0.25, -0.2) is 0 Å². The summed E-state index contributed by atoms with van der Waals surface area (Å²) in [6.07, 6.45) is -7.26. The molecule has 1 aromatic rings. The average Bonchev–Trinajstić information content (AvgIpc) is 2.25. The first kappa shape index (κ1) is 13.3. The number of halogens is 3. The van der Waals surface area contributed by atoms with E-state index in [9.17, 15) is 18.0 Å². The molecule has 0 aromatic heterocycles. The van der Waals surface area contributed by atoms with Crippen LogP contribution < -0.4 is 10.5 Å². The molecule has 0 aliphatic carbocycles. The van der Waals surface area contributed by atoms with Crippen LogP contribution in [0.2, 0.25) is 0 Å². The van der Waals surface area contributed by atoms with Gasteiger partial charge in [-0.2, -0.15) is 13.2 Å². The molecule has 0 radical (unpaired) electrons. The Bertz CT molecular complexity index is 389. The first-order chi connectivity index (χ1) is 7.80. The first-order valence-electron chi connectivity index (χ1n) is 4.58. The number of hydrogen-bond donors (Lipinski definition) is 2. The maximum absolute atomic E-state index is 11.9. The van der Waals surface area contributed by atoms with E-state index in [1.54, 1.807) is 0 Å². The number of carbonyl (C=O) groups is 1. The summed E-state index contributed by atoms with van der Waals surface area (Å²) >= 11 is 0. The third-order valence-corrected chi connectivity index (χ3v) is 1.92. The zero-order chi connectivity index (χ0) is 13.1. The Morgan fingerprint density at radius 2 is 1.88 bits per heavy atom. The molecule has 4 nitrogen and oxygen atoms in total. The molecule has 7 heteroatoms. The van der Waals surface area contributed by atoms with Gasteiger partial charge in [0.15, 0.2) is 6.10 Å².